The lowest BCUT2D eigenvalue weighted by Crippen LogP contribution is -2.05. The highest BCUT2D eigenvalue weighted by atomic mass is 14.3. The third-order valence-electron chi connectivity index (χ3n) is 2.44. The van der Waals surface area contributed by atoms with Crippen LogP contribution in [0.2, 0.25) is 0 Å². The van der Waals surface area contributed by atoms with Crippen LogP contribution in [0.1, 0.15) is 44.9 Å². The zero-order chi connectivity index (χ0) is 7.23. The summed E-state index contributed by atoms with van der Waals surface area (Å²) in [5.74, 6) is 0.954. The van der Waals surface area contributed by atoms with Gasteiger partial charge in [0.05, 0.1) is 0 Å². The molecule has 0 bridgehead atoms. The summed E-state index contributed by atoms with van der Waals surface area (Å²) in [7, 11) is 0. The Bertz CT molecular complexity index is 92.9. The first-order valence-corrected chi connectivity index (χ1v) is 4.42. The lowest BCUT2D eigenvalue weighted by Gasteiger charge is -2.20. The molecule has 0 aromatic heterocycles. The third kappa shape index (κ3) is 2.51. The van der Waals surface area contributed by atoms with Crippen molar-refractivity contribution in [1.29, 1.82) is 5.41 Å². The van der Waals surface area contributed by atoms with Crippen molar-refractivity contribution in [2.45, 2.75) is 44.9 Å². The van der Waals surface area contributed by atoms with E-state index in [1.807, 2.05) is 0 Å². The Hall–Kier alpha value is -0.330. The predicted octanol–water partition coefficient (Wildman–Crippen LogP) is 3.00. The number of nitrogens with one attached hydrogen (secondary N) is 1. The molecular formula is C9H17N. The number of hydrogen-bond donors (Lipinski definition) is 1. The molecule has 1 aliphatic rings. The molecule has 0 spiro atoms. The van der Waals surface area contributed by atoms with Gasteiger partial charge in [-0.05, 0) is 25.0 Å². The van der Waals surface area contributed by atoms with Gasteiger partial charge in [-0.25, -0.2) is 0 Å². The molecule has 0 radical (unpaired) electrons. The van der Waals surface area contributed by atoms with Crippen LogP contribution in [0, 0.1) is 11.3 Å². The highest BCUT2D eigenvalue weighted by Gasteiger charge is 2.11. The van der Waals surface area contributed by atoms with Gasteiger partial charge in [0.1, 0.15) is 0 Å². The van der Waals surface area contributed by atoms with E-state index in [4.69, 9.17) is 5.41 Å². The molecule has 0 saturated heterocycles. The molecule has 0 aromatic carbocycles. The van der Waals surface area contributed by atoms with Crippen molar-refractivity contribution in [3.8, 4) is 0 Å². The van der Waals surface area contributed by atoms with Crippen LogP contribution in [0.15, 0.2) is 0 Å². The Morgan fingerprint density at radius 1 is 1.20 bits per heavy atom. The molecule has 0 atom stereocenters. The summed E-state index contributed by atoms with van der Waals surface area (Å²) in [4.78, 5) is 0. The molecule has 0 amide bonds. The predicted molar refractivity (Wildman–Crippen MR) is 44.6 cm³/mol. The summed E-state index contributed by atoms with van der Waals surface area (Å²) < 4.78 is 0. The minimum Gasteiger partial charge on any atom is -0.313 e. The van der Waals surface area contributed by atoms with Crippen molar-refractivity contribution >= 4 is 6.21 Å². The molecule has 0 aliphatic heterocycles. The molecule has 0 heterocycles. The molecule has 1 rings (SSSR count). The molecular weight excluding hydrogens is 122 g/mol. The van der Waals surface area contributed by atoms with Gasteiger partial charge in [0.2, 0.25) is 0 Å². The van der Waals surface area contributed by atoms with Crippen LogP contribution < -0.4 is 0 Å². The van der Waals surface area contributed by atoms with Gasteiger partial charge >= 0.3 is 0 Å². The Balaban J connectivity index is 2.07. The summed E-state index contributed by atoms with van der Waals surface area (Å²) in [5, 5.41) is 6.90. The van der Waals surface area contributed by atoms with Gasteiger partial charge in [-0.1, -0.05) is 32.1 Å². The summed E-state index contributed by atoms with van der Waals surface area (Å²) in [5.41, 5.74) is 0. The van der Waals surface area contributed by atoms with Gasteiger partial charge < -0.3 is 5.41 Å². The summed E-state index contributed by atoms with van der Waals surface area (Å²) in [6.07, 6.45) is 11.0. The van der Waals surface area contributed by atoms with Crippen LogP contribution in [0.4, 0.5) is 0 Å². The van der Waals surface area contributed by atoms with E-state index in [1.54, 1.807) is 6.21 Å². The van der Waals surface area contributed by atoms with E-state index in [9.17, 15) is 0 Å². The van der Waals surface area contributed by atoms with Crippen LogP contribution in [0.5, 0.6) is 0 Å². The maximum atomic E-state index is 6.90. The zero-order valence-electron chi connectivity index (χ0n) is 6.60. The Morgan fingerprint density at radius 3 is 2.50 bits per heavy atom. The molecule has 1 heteroatoms. The fourth-order valence-electron chi connectivity index (χ4n) is 1.79. The van der Waals surface area contributed by atoms with Crippen LogP contribution in [0.3, 0.4) is 0 Å². The molecule has 1 fully saturated rings. The lowest BCUT2D eigenvalue weighted by molar-refractivity contribution is 0.344. The average molecular weight is 139 g/mol. The Morgan fingerprint density at radius 2 is 1.90 bits per heavy atom. The zero-order valence-corrected chi connectivity index (χ0v) is 6.60. The third-order valence-corrected chi connectivity index (χ3v) is 2.44. The molecule has 58 valence electrons. The largest absolute Gasteiger partial charge is 0.313 e. The molecule has 10 heavy (non-hydrogen) atoms. The van der Waals surface area contributed by atoms with E-state index in [0.717, 1.165) is 12.3 Å². The molecule has 1 N–H and O–H groups in total. The molecule has 0 aromatic rings. The summed E-state index contributed by atoms with van der Waals surface area (Å²) in [6, 6.07) is 0. The van der Waals surface area contributed by atoms with Gasteiger partial charge in [-0.3, -0.25) is 0 Å². The van der Waals surface area contributed by atoms with Gasteiger partial charge in [0, 0.05) is 0 Å². The first kappa shape index (κ1) is 7.77. The maximum Gasteiger partial charge on any atom is -0.00476 e. The Labute approximate surface area is 63.3 Å². The molecule has 1 saturated carbocycles. The van der Waals surface area contributed by atoms with Crippen LogP contribution in [-0.4, -0.2) is 6.21 Å². The van der Waals surface area contributed by atoms with E-state index >= 15 is 0 Å². The fraction of sp³-hybridized carbons (Fsp3) is 0.889. The van der Waals surface area contributed by atoms with Gasteiger partial charge in [0.15, 0.2) is 0 Å². The van der Waals surface area contributed by atoms with Crippen LogP contribution in [0.25, 0.3) is 0 Å². The SMILES string of the molecule is N=CCCC1CCCCC1. The first-order valence-electron chi connectivity index (χ1n) is 4.42. The maximum absolute atomic E-state index is 6.90. The van der Waals surface area contributed by atoms with Crippen LogP contribution >= 0.6 is 0 Å². The van der Waals surface area contributed by atoms with Crippen molar-refractivity contribution in [2.75, 3.05) is 0 Å². The fourth-order valence-corrected chi connectivity index (χ4v) is 1.79. The standard InChI is InChI=1S/C9H17N/c10-8-4-7-9-5-2-1-3-6-9/h8-10H,1-7H2. The van der Waals surface area contributed by atoms with Crippen molar-refractivity contribution in [3.05, 3.63) is 0 Å². The normalized spacial score (nSPS) is 20.8. The topological polar surface area (TPSA) is 23.9 Å². The Kier molecular flexibility index (Phi) is 3.48. The number of hydrogen-bond acceptors (Lipinski definition) is 1. The smallest absolute Gasteiger partial charge is 0.00476 e. The van der Waals surface area contributed by atoms with Gasteiger partial charge in [-0.2, -0.15) is 0 Å². The molecule has 1 nitrogen and oxygen atoms in total. The monoisotopic (exact) mass is 139 g/mol. The van der Waals surface area contributed by atoms with E-state index < -0.39 is 0 Å². The lowest BCUT2D eigenvalue weighted by atomic mass is 9.86. The second kappa shape index (κ2) is 4.48. The molecule has 1 aliphatic carbocycles. The minimum absolute atomic E-state index is 0.954. The molecule has 0 unspecified atom stereocenters. The van der Waals surface area contributed by atoms with Crippen molar-refractivity contribution in [2.24, 2.45) is 5.92 Å². The van der Waals surface area contributed by atoms with E-state index in [2.05, 4.69) is 0 Å². The highest BCUT2D eigenvalue weighted by Crippen LogP contribution is 2.26. The van der Waals surface area contributed by atoms with Gasteiger partial charge in [-0.15, -0.1) is 0 Å². The second-order valence-corrected chi connectivity index (χ2v) is 3.29. The average Bonchev–Trinajstić information content (AvgIpc) is 2.03. The quantitative estimate of drug-likeness (QED) is 0.581. The highest BCUT2D eigenvalue weighted by molar-refractivity contribution is 5.52. The first-order chi connectivity index (χ1) is 4.93. The van der Waals surface area contributed by atoms with E-state index in [0.29, 0.717) is 0 Å². The van der Waals surface area contributed by atoms with Crippen molar-refractivity contribution in [3.63, 3.8) is 0 Å². The minimum atomic E-state index is 0.954. The van der Waals surface area contributed by atoms with Gasteiger partial charge in [0.25, 0.3) is 0 Å². The number of rotatable bonds is 3. The van der Waals surface area contributed by atoms with E-state index in [-0.39, 0.29) is 0 Å². The second-order valence-electron chi connectivity index (χ2n) is 3.29. The summed E-state index contributed by atoms with van der Waals surface area (Å²) >= 11 is 0. The van der Waals surface area contributed by atoms with E-state index in [1.165, 1.54) is 38.5 Å². The van der Waals surface area contributed by atoms with Crippen molar-refractivity contribution < 1.29 is 0 Å². The van der Waals surface area contributed by atoms with Crippen molar-refractivity contribution in [1.82, 2.24) is 0 Å². The van der Waals surface area contributed by atoms with Crippen LogP contribution in [-0.2, 0) is 0 Å². The summed E-state index contributed by atoms with van der Waals surface area (Å²) in [6.45, 7) is 0.